The van der Waals surface area contributed by atoms with Crippen molar-refractivity contribution < 1.29 is 19.4 Å². The molecule has 0 atom stereocenters. The highest BCUT2D eigenvalue weighted by Crippen LogP contribution is 2.37. The zero-order valence-electron chi connectivity index (χ0n) is 24.7. The molecule has 40 heavy (non-hydrogen) atoms. The number of para-hydroxylation sites is 1. The number of nitrogens with one attached hydrogen (secondary N) is 1. The highest BCUT2D eigenvalue weighted by Gasteiger charge is 2.30. The van der Waals surface area contributed by atoms with E-state index in [-0.39, 0.29) is 11.9 Å². The number of aliphatic hydroxyl groups is 1. The van der Waals surface area contributed by atoms with Crippen LogP contribution in [0.4, 0.5) is 5.13 Å². The average Bonchev–Trinajstić information content (AvgIpc) is 3.43. The predicted octanol–water partition coefficient (Wildman–Crippen LogP) is 5.82. The maximum Gasteiger partial charge on any atom is 0.309 e. The summed E-state index contributed by atoms with van der Waals surface area (Å²) in [4.78, 5) is 19.8. The molecule has 2 aliphatic rings. The second-order valence-electron chi connectivity index (χ2n) is 11.5. The summed E-state index contributed by atoms with van der Waals surface area (Å²) in [5.74, 6) is 0.777. The van der Waals surface area contributed by atoms with Crippen molar-refractivity contribution in [2.75, 3.05) is 31.6 Å². The number of carbonyl (C=O) groups is 1. The van der Waals surface area contributed by atoms with Gasteiger partial charge in [0.05, 0.1) is 11.6 Å². The van der Waals surface area contributed by atoms with Crippen LogP contribution in [0.2, 0.25) is 0 Å². The largest absolute Gasteiger partial charge is 0.488 e. The molecule has 0 spiro atoms. The molecular formula is C32H43N3O4S. The Hall–Kier alpha value is -2.94. The minimum absolute atomic E-state index is 0.0369. The van der Waals surface area contributed by atoms with Gasteiger partial charge in [0.15, 0.2) is 5.13 Å². The molecule has 0 unspecified atom stereocenters. The third-order valence-corrected chi connectivity index (χ3v) is 8.27. The number of aromatic nitrogens is 1. The molecule has 3 aromatic rings. The van der Waals surface area contributed by atoms with E-state index in [0.717, 1.165) is 80.3 Å². The smallest absolute Gasteiger partial charge is 0.309 e. The Morgan fingerprint density at radius 2 is 1.90 bits per heavy atom. The number of carbonyl (C=O) groups excluding carboxylic acids is 1. The first kappa shape index (κ1) is 30.0. The number of benzene rings is 2. The number of thiazole rings is 1. The Morgan fingerprint density at radius 3 is 2.62 bits per heavy atom. The van der Waals surface area contributed by atoms with Crippen LogP contribution in [-0.4, -0.2) is 48.4 Å². The van der Waals surface area contributed by atoms with Crippen molar-refractivity contribution in [3.63, 3.8) is 0 Å². The van der Waals surface area contributed by atoms with E-state index in [4.69, 9.17) is 19.6 Å². The molecule has 2 N–H and O–H groups in total. The van der Waals surface area contributed by atoms with Crippen LogP contribution in [0.25, 0.3) is 11.3 Å². The molecule has 2 aliphatic heterocycles. The van der Waals surface area contributed by atoms with Crippen molar-refractivity contribution >= 4 is 22.4 Å². The van der Waals surface area contributed by atoms with Gasteiger partial charge in [-0.1, -0.05) is 24.3 Å². The number of nitrogens with zero attached hydrogens (tertiary/aromatic N) is 2. The number of hydrogen-bond donors (Lipinski definition) is 2. The average molecular weight is 566 g/mol. The summed E-state index contributed by atoms with van der Waals surface area (Å²) >= 11 is 1.65. The lowest BCUT2D eigenvalue weighted by Crippen LogP contribution is -2.38. The van der Waals surface area contributed by atoms with E-state index in [2.05, 4.69) is 59.8 Å². The lowest BCUT2D eigenvalue weighted by atomic mass is 9.94. The topological polar surface area (TPSA) is 83.9 Å². The van der Waals surface area contributed by atoms with Crippen molar-refractivity contribution in [3.8, 4) is 17.0 Å². The van der Waals surface area contributed by atoms with Crippen LogP contribution in [0.5, 0.6) is 5.75 Å². The number of fused-ring (bicyclic) bond motifs is 1. The van der Waals surface area contributed by atoms with Crippen LogP contribution in [0.15, 0.2) is 35.7 Å². The second kappa shape index (κ2) is 13.1. The van der Waals surface area contributed by atoms with Gasteiger partial charge < -0.3 is 24.8 Å². The number of aliphatic hydroxyl groups excluding tert-OH is 1. The van der Waals surface area contributed by atoms with Crippen molar-refractivity contribution in [3.05, 3.63) is 63.5 Å². The lowest BCUT2D eigenvalue weighted by Gasteiger charge is -2.32. The van der Waals surface area contributed by atoms with E-state index < -0.39 is 5.60 Å². The summed E-state index contributed by atoms with van der Waals surface area (Å²) in [6.45, 7) is 14.2. The monoisotopic (exact) mass is 565 g/mol. The first-order chi connectivity index (χ1) is 19.2. The SMILES string of the molecule is CO.Cc1cc(COc2c(C)cccc2-c2csc(N3CCC(C(=O)OC(C)(C)C)CC3)n2)cc2c1CNCC2. The van der Waals surface area contributed by atoms with E-state index in [1.807, 2.05) is 20.8 Å². The zero-order chi connectivity index (χ0) is 28.9. The van der Waals surface area contributed by atoms with E-state index >= 15 is 0 Å². The zero-order valence-corrected chi connectivity index (χ0v) is 25.5. The van der Waals surface area contributed by atoms with Gasteiger partial charge >= 0.3 is 5.97 Å². The molecule has 5 rings (SSSR count). The molecular weight excluding hydrogens is 522 g/mol. The first-order valence-corrected chi connectivity index (χ1v) is 15.0. The molecule has 1 aromatic heterocycles. The predicted molar refractivity (Wildman–Crippen MR) is 162 cm³/mol. The van der Waals surface area contributed by atoms with Gasteiger partial charge in [0.25, 0.3) is 0 Å². The van der Waals surface area contributed by atoms with Gasteiger partial charge in [0, 0.05) is 37.7 Å². The van der Waals surface area contributed by atoms with Gasteiger partial charge in [-0.2, -0.15) is 0 Å². The number of aryl methyl sites for hydroxylation is 2. The van der Waals surface area contributed by atoms with E-state index in [9.17, 15) is 4.79 Å². The minimum Gasteiger partial charge on any atom is -0.488 e. The van der Waals surface area contributed by atoms with Crippen molar-refractivity contribution in [2.24, 2.45) is 5.92 Å². The molecule has 0 radical (unpaired) electrons. The number of esters is 1. The normalized spacial score (nSPS) is 15.6. The van der Waals surface area contributed by atoms with E-state index in [0.29, 0.717) is 6.61 Å². The molecule has 0 amide bonds. The fourth-order valence-corrected chi connectivity index (χ4v) is 6.27. The first-order valence-electron chi connectivity index (χ1n) is 14.1. The van der Waals surface area contributed by atoms with Crippen molar-refractivity contribution in [1.29, 1.82) is 0 Å². The van der Waals surface area contributed by atoms with Crippen LogP contribution in [-0.2, 0) is 29.1 Å². The molecule has 0 saturated carbocycles. The molecule has 216 valence electrons. The highest BCUT2D eigenvalue weighted by atomic mass is 32.1. The maximum absolute atomic E-state index is 12.5. The summed E-state index contributed by atoms with van der Waals surface area (Å²) in [6, 6.07) is 10.8. The number of piperidine rings is 1. The van der Waals surface area contributed by atoms with Crippen LogP contribution in [0.1, 0.15) is 61.4 Å². The number of rotatable bonds is 6. The van der Waals surface area contributed by atoms with Crippen molar-refractivity contribution in [2.45, 2.75) is 72.6 Å². The van der Waals surface area contributed by atoms with Gasteiger partial charge in [-0.3, -0.25) is 4.79 Å². The molecule has 0 aliphatic carbocycles. The Labute approximate surface area is 242 Å². The number of hydrogen-bond acceptors (Lipinski definition) is 8. The fourth-order valence-electron chi connectivity index (χ4n) is 5.39. The van der Waals surface area contributed by atoms with Crippen LogP contribution in [0, 0.1) is 19.8 Å². The third-order valence-electron chi connectivity index (χ3n) is 7.37. The summed E-state index contributed by atoms with van der Waals surface area (Å²) in [5, 5.41) is 13.6. The molecule has 0 bridgehead atoms. The molecule has 3 heterocycles. The van der Waals surface area contributed by atoms with Crippen LogP contribution < -0.4 is 15.0 Å². The Balaban J connectivity index is 0.00000181. The van der Waals surface area contributed by atoms with Crippen LogP contribution in [0.3, 0.4) is 0 Å². The minimum atomic E-state index is -0.442. The summed E-state index contributed by atoms with van der Waals surface area (Å²) < 4.78 is 12.1. The van der Waals surface area contributed by atoms with Gasteiger partial charge in [-0.25, -0.2) is 4.98 Å². The summed E-state index contributed by atoms with van der Waals surface area (Å²) in [5.41, 5.74) is 8.04. The quantitative estimate of drug-likeness (QED) is 0.365. The van der Waals surface area contributed by atoms with Crippen molar-refractivity contribution in [1.82, 2.24) is 10.3 Å². The Bertz CT molecular complexity index is 1310. The van der Waals surface area contributed by atoms with E-state index in [1.54, 1.807) is 11.3 Å². The fraction of sp³-hybridized carbons (Fsp3) is 0.500. The maximum atomic E-state index is 12.5. The molecule has 2 aromatic carbocycles. The third kappa shape index (κ3) is 7.22. The number of ether oxygens (including phenoxy) is 2. The lowest BCUT2D eigenvalue weighted by molar-refractivity contribution is -0.160. The Kier molecular flexibility index (Phi) is 9.87. The summed E-state index contributed by atoms with van der Waals surface area (Å²) in [7, 11) is 1.00. The molecule has 1 saturated heterocycles. The molecule has 8 heteroatoms. The number of anilines is 1. The summed E-state index contributed by atoms with van der Waals surface area (Å²) in [6.07, 6.45) is 2.65. The van der Waals surface area contributed by atoms with Gasteiger partial charge in [0.1, 0.15) is 18.0 Å². The molecule has 7 nitrogen and oxygen atoms in total. The van der Waals surface area contributed by atoms with Gasteiger partial charge in [-0.05, 0) is 94.3 Å². The van der Waals surface area contributed by atoms with E-state index in [1.165, 1.54) is 22.3 Å². The molecule has 1 fully saturated rings. The van der Waals surface area contributed by atoms with Crippen LogP contribution >= 0.6 is 11.3 Å². The van der Waals surface area contributed by atoms with Gasteiger partial charge in [0.2, 0.25) is 0 Å². The second-order valence-corrected chi connectivity index (χ2v) is 12.4. The Morgan fingerprint density at radius 1 is 1.15 bits per heavy atom. The van der Waals surface area contributed by atoms with Gasteiger partial charge in [-0.15, -0.1) is 11.3 Å². The standard InChI is InChI=1S/C31H39N3O3S.CH4O/c1-20-7-6-8-25(28(20)36-18-22-15-21(2)26-17-32-12-9-24(26)16-22)27-19-38-30(33-27)34-13-10-23(11-14-34)29(35)37-31(3,4)5;1-2/h6-8,15-16,19,23,32H,9-14,17-18H2,1-5H3;2H,1H3. The highest BCUT2D eigenvalue weighted by molar-refractivity contribution is 7.14.